The summed E-state index contributed by atoms with van der Waals surface area (Å²) in [5.41, 5.74) is 1.57. The molecule has 0 radical (unpaired) electrons. The van der Waals surface area contributed by atoms with Gasteiger partial charge in [-0.25, -0.2) is 4.79 Å². The van der Waals surface area contributed by atoms with E-state index < -0.39 is 18.5 Å². The largest absolute Gasteiger partial charge is 0.497 e. The van der Waals surface area contributed by atoms with Crippen LogP contribution in [0.3, 0.4) is 0 Å². The van der Waals surface area contributed by atoms with Gasteiger partial charge in [-0.2, -0.15) is 5.26 Å². The molecular weight excluding hydrogens is 392 g/mol. The molecular formula is C21H22N2O5S. The zero-order valence-electron chi connectivity index (χ0n) is 16.3. The molecule has 0 saturated carbocycles. The molecule has 0 spiro atoms. The molecule has 3 rings (SSSR count). The number of carbonyl (C=O) groups is 2. The van der Waals surface area contributed by atoms with Crippen molar-refractivity contribution in [3.8, 4) is 17.6 Å². The Morgan fingerprint density at radius 2 is 1.97 bits per heavy atom. The molecule has 1 amide bonds. The van der Waals surface area contributed by atoms with Gasteiger partial charge in [0, 0.05) is 4.88 Å². The van der Waals surface area contributed by atoms with E-state index >= 15 is 0 Å². The number of anilines is 1. The van der Waals surface area contributed by atoms with E-state index in [1.165, 1.54) is 11.3 Å². The number of amides is 1. The molecule has 1 aliphatic rings. The van der Waals surface area contributed by atoms with Crippen molar-refractivity contribution in [3.05, 3.63) is 40.3 Å². The lowest BCUT2D eigenvalue weighted by molar-refractivity contribution is -0.149. The smallest absolute Gasteiger partial charge is 0.344 e. The normalized spacial score (nSPS) is 15.0. The van der Waals surface area contributed by atoms with Crippen molar-refractivity contribution in [2.45, 2.75) is 26.2 Å². The molecule has 2 aromatic rings. The first kappa shape index (κ1) is 20.7. The molecule has 1 N–H and O–H groups in total. The lowest BCUT2D eigenvalue weighted by atomic mass is 9.89. The third kappa shape index (κ3) is 5.27. The summed E-state index contributed by atoms with van der Waals surface area (Å²) in [6.45, 7) is 1.43. The SMILES string of the molecule is COc1ccc(OCC(=O)OCC(=O)Nc2sc3c(c2C#N)CC[C@@H](C)C3)cc1. The van der Waals surface area contributed by atoms with E-state index in [9.17, 15) is 14.9 Å². The van der Waals surface area contributed by atoms with Gasteiger partial charge in [-0.3, -0.25) is 4.79 Å². The molecule has 0 unspecified atom stereocenters. The Bertz CT molecular complexity index is 930. The van der Waals surface area contributed by atoms with Gasteiger partial charge in [0.15, 0.2) is 13.2 Å². The van der Waals surface area contributed by atoms with Gasteiger partial charge in [-0.05, 0) is 55.0 Å². The van der Waals surface area contributed by atoms with E-state index in [1.54, 1.807) is 31.4 Å². The van der Waals surface area contributed by atoms with Crippen LogP contribution >= 0.6 is 11.3 Å². The fourth-order valence-electron chi connectivity index (χ4n) is 3.12. The highest BCUT2D eigenvalue weighted by Crippen LogP contribution is 2.39. The van der Waals surface area contributed by atoms with Crippen LogP contribution in [0.2, 0.25) is 0 Å². The number of fused-ring (bicyclic) bond motifs is 1. The van der Waals surface area contributed by atoms with E-state index in [0.717, 1.165) is 29.7 Å². The number of nitrogens with one attached hydrogen (secondary N) is 1. The third-order valence-electron chi connectivity index (χ3n) is 4.66. The number of esters is 1. The number of hydrogen-bond acceptors (Lipinski definition) is 7. The van der Waals surface area contributed by atoms with Crippen LogP contribution in [0.15, 0.2) is 24.3 Å². The highest BCUT2D eigenvalue weighted by atomic mass is 32.1. The fourth-order valence-corrected chi connectivity index (χ4v) is 4.50. The van der Waals surface area contributed by atoms with Crippen LogP contribution in [0, 0.1) is 17.2 Å². The topological polar surface area (TPSA) is 97.7 Å². The molecule has 0 fully saturated rings. The molecule has 7 nitrogen and oxygen atoms in total. The maximum absolute atomic E-state index is 12.2. The summed E-state index contributed by atoms with van der Waals surface area (Å²) in [4.78, 5) is 25.1. The van der Waals surface area contributed by atoms with Crippen LogP contribution in [-0.4, -0.2) is 32.2 Å². The Hall–Kier alpha value is -3.05. The van der Waals surface area contributed by atoms with Gasteiger partial charge in [0.05, 0.1) is 12.7 Å². The molecule has 0 saturated heterocycles. The second kappa shape index (κ2) is 9.43. The van der Waals surface area contributed by atoms with Crippen molar-refractivity contribution in [2.75, 3.05) is 25.6 Å². The molecule has 1 aromatic heterocycles. The number of hydrogen-bond donors (Lipinski definition) is 1. The summed E-state index contributed by atoms with van der Waals surface area (Å²) < 4.78 is 15.3. The van der Waals surface area contributed by atoms with Crippen LogP contribution in [0.1, 0.15) is 29.3 Å². The molecule has 1 heterocycles. The molecule has 0 aliphatic heterocycles. The second-order valence-electron chi connectivity index (χ2n) is 6.84. The summed E-state index contributed by atoms with van der Waals surface area (Å²) >= 11 is 1.43. The summed E-state index contributed by atoms with van der Waals surface area (Å²) in [5, 5.41) is 12.7. The fraction of sp³-hybridized carbons (Fsp3) is 0.381. The second-order valence-corrected chi connectivity index (χ2v) is 7.95. The monoisotopic (exact) mass is 414 g/mol. The average Bonchev–Trinajstić information content (AvgIpc) is 3.06. The number of nitriles is 1. The van der Waals surface area contributed by atoms with Crippen LogP contribution in [0.25, 0.3) is 0 Å². The number of rotatable bonds is 7. The van der Waals surface area contributed by atoms with Gasteiger partial charge in [-0.15, -0.1) is 11.3 Å². The Morgan fingerprint density at radius 3 is 2.66 bits per heavy atom. The van der Waals surface area contributed by atoms with Crippen molar-refractivity contribution in [1.29, 1.82) is 5.26 Å². The van der Waals surface area contributed by atoms with Crippen molar-refractivity contribution < 1.29 is 23.8 Å². The van der Waals surface area contributed by atoms with E-state index in [2.05, 4.69) is 18.3 Å². The van der Waals surface area contributed by atoms with E-state index in [-0.39, 0.29) is 6.61 Å². The zero-order chi connectivity index (χ0) is 20.8. The van der Waals surface area contributed by atoms with Gasteiger partial charge in [-0.1, -0.05) is 6.92 Å². The Labute approximate surface area is 173 Å². The first-order valence-corrected chi connectivity index (χ1v) is 10.1. The zero-order valence-corrected chi connectivity index (χ0v) is 17.1. The van der Waals surface area contributed by atoms with Crippen LogP contribution in [0.5, 0.6) is 11.5 Å². The predicted molar refractivity (Wildman–Crippen MR) is 108 cm³/mol. The minimum absolute atomic E-state index is 0.311. The van der Waals surface area contributed by atoms with Crippen molar-refractivity contribution in [1.82, 2.24) is 0 Å². The standard InChI is InChI=1S/C21H22N2O5S/c1-13-3-8-16-17(10-22)21(29-18(16)9-13)23-19(24)11-28-20(25)12-27-15-6-4-14(26-2)5-7-15/h4-7,13H,3,8-9,11-12H2,1-2H3,(H,23,24)/t13-/m1/s1. The third-order valence-corrected chi connectivity index (χ3v) is 5.83. The number of carbonyl (C=O) groups excluding carboxylic acids is 2. The molecule has 1 atom stereocenters. The lowest BCUT2D eigenvalue weighted by Crippen LogP contribution is -2.23. The quantitative estimate of drug-likeness (QED) is 0.698. The van der Waals surface area contributed by atoms with Gasteiger partial charge < -0.3 is 19.5 Å². The summed E-state index contributed by atoms with van der Waals surface area (Å²) in [6, 6.07) is 8.95. The van der Waals surface area contributed by atoms with Gasteiger partial charge in [0.25, 0.3) is 5.91 Å². The number of benzene rings is 1. The molecule has 1 aromatic carbocycles. The van der Waals surface area contributed by atoms with Gasteiger partial charge in [0.1, 0.15) is 22.6 Å². The molecule has 29 heavy (non-hydrogen) atoms. The predicted octanol–water partition coefficient (Wildman–Crippen LogP) is 3.31. The minimum atomic E-state index is -0.657. The van der Waals surface area contributed by atoms with E-state index in [0.29, 0.717) is 28.0 Å². The number of ether oxygens (including phenoxy) is 3. The lowest BCUT2D eigenvalue weighted by Gasteiger charge is -2.17. The summed E-state index contributed by atoms with van der Waals surface area (Å²) in [7, 11) is 1.56. The number of thiophene rings is 1. The van der Waals surface area contributed by atoms with E-state index in [4.69, 9.17) is 14.2 Å². The maximum atomic E-state index is 12.2. The Balaban J connectivity index is 1.48. The molecule has 0 bridgehead atoms. The molecule has 8 heteroatoms. The first-order valence-electron chi connectivity index (χ1n) is 9.27. The molecule has 1 aliphatic carbocycles. The van der Waals surface area contributed by atoms with Crippen molar-refractivity contribution in [2.24, 2.45) is 5.92 Å². The Kier molecular flexibility index (Phi) is 6.73. The summed E-state index contributed by atoms with van der Waals surface area (Å²) in [6.07, 6.45) is 2.81. The first-order chi connectivity index (χ1) is 14.0. The van der Waals surface area contributed by atoms with E-state index in [1.807, 2.05) is 0 Å². The number of nitrogens with zero attached hydrogens (tertiary/aromatic N) is 1. The Morgan fingerprint density at radius 1 is 1.24 bits per heavy atom. The molecule has 152 valence electrons. The van der Waals surface area contributed by atoms with Crippen molar-refractivity contribution in [3.63, 3.8) is 0 Å². The number of methoxy groups -OCH3 is 1. The van der Waals surface area contributed by atoms with Gasteiger partial charge in [0.2, 0.25) is 0 Å². The average molecular weight is 414 g/mol. The van der Waals surface area contributed by atoms with Crippen LogP contribution < -0.4 is 14.8 Å². The summed E-state index contributed by atoms with van der Waals surface area (Å²) in [5.74, 6) is 0.604. The highest BCUT2D eigenvalue weighted by molar-refractivity contribution is 7.16. The van der Waals surface area contributed by atoms with Gasteiger partial charge >= 0.3 is 5.97 Å². The van der Waals surface area contributed by atoms with Crippen LogP contribution in [0.4, 0.5) is 5.00 Å². The van der Waals surface area contributed by atoms with Crippen LogP contribution in [-0.2, 0) is 27.2 Å². The highest BCUT2D eigenvalue weighted by Gasteiger charge is 2.24. The minimum Gasteiger partial charge on any atom is -0.497 e. The van der Waals surface area contributed by atoms with Crippen molar-refractivity contribution >= 4 is 28.2 Å². The maximum Gasteiger partial charge on any atom is 0.344 e.